The van der Waals surface area contributed by atoms with E-state index >= 15 is 0 Å². The molecule has 0 spiro atoms. The molecule has 1 aromatic heterocycles. The normalized spacial score (nSPS) is 10.2. The van der Waals surface area contributed by atoms with Crippen LogP contribution < -0.4 is 10.5 Å². The van der Waals surface area contributed by atoms with Crippen LogP contribution in [0, 0.1) is 6.92 Å². The highest BCUT2D eigenvalue weighted by molar-refractivity contribution is 7.80. The summed E-state index contributed by atoms with van der Waals surface area (Å²) in [5, 5.41) is 0.686. The summed E-state index contributed by atoms with van der Waals surface area (Å²) in [6.07, 6.45) is 0. The van der Waals surface area contributed by atoms with Gasteiger partial charge < -0.3 is 10.5 Å². The number of nitrogens with zero attached hydrogens (tertiary/aromatic N) is 2. The number of thiocarbonyl (C=S) groups is 1. The first kappa shape index (κ1) is 13.7. The molecule has 19 heavy (non-hydrogen) atoms. The largest absolute Gasteiger partial charge is 0.459 e. The second kappa shape index (κ2) is 5.95. The van der Waals surface area contributed by atoms with E-state index in [1.807, 2.05) is 19.1 Å². The maximum atomic E-state index is 5.81. The molecule has 0 atom stereocenters. The molecule has 2 N–H and O–H groups in total. The summed E-state index contributed by atoms with van der Waals surface area (Å²) in [5.41, 5.74) is 7.79. The highest BCUT2D eigenvalue weighted by atomic mass is 35.5. The summed E-state index contributed by atoms with van der Waals surface area (Å²) in [4.78, 5) is 8.54. The number of benzene rings is 1. The maximum Gasteiger partial charge on any atom is 0.317 e. The van der Waals surface area contributed by atoms with E-state index in [0.717, 1.165) is 11.3 Å². The van der Waals surface area contributed by atoms with Gasteiger partial charge in [0.05, 0.1) is 0 Å². The van der Waals surface area contributed by atoms with Crippen molar-refractivity contribution in [3.63, 3.8) is 0 Å². The number of aromatic nitrogens is 2. The lowest BCUT2D eigenvalue weighted by molar-refractivity contribution is 0.280. The van der Waals surface area contributed by atoms with Crippen molar-refractivity contribution in [2.75, 3.05) is 0 Å². The third-order valence-electron chi connectivity index (χ3n) is 2.37. The Kier molecular flexibility index (Phi) is 4.29. The van der Waals surface area contributed by atoms with Gasteiger partial charge in [-0.1, -0.05) is 36.0 Å². The van der Waals surface area contributed by atoms with Crippen LogP contribution >= 0.6 is 23.8 Å². The molecule has 0 saturated heterocycles. The Labute approximate surface area is 121 Å². The second-order valence-electron chi connectivity index (χ2n) is 3.96. The molecular weight excluding hydrogens is 282 g/mol. The molecule has 1 heterocycles. The average Bonchev–Trinajstić information content (AvgIpc) is 2.37. The van der Waals surface area contributed by atoms with Crippen LogP contribution in [0.25, 0.3) is 0 Å². The van der Waals surface area contributed by atoms with Gasteiger partial charge in [-0.25, -0.2) is 4.98 Å². The maximum absolute atomic E-state index is 5.81. The van der Waals surface area contributed by atoms with Crippen molar-refractivity contribution in [3.8, 4) is 6.01 Å². The number of hydrogen-bond donors (Lipinski definition) is 1. The predicted octanol–water partition coefficient (Wildman–Crippen LogP) is 2.65. The Morgan fingerprint density at radius 3 is 2.63 bits per heavy atom. The molecule has 0 amide bonds. The zero-order valence-electron chi connectivity index (χ0n) is 10.3. The fraction of sp³-hybridized carbons (Fsp3) is 0.154. The van der Waals surface area contributed by atoms with Crippen LogP contribution in [0.2, 0.25) is 5.02 Å². The van der Waals surface area contributed by atoms with E-state index in [0.29, 0.717) is 17.3 Å². The fourth-order valence-electron chi connectivity index (χ4n) is 1.46. The Morgan fingerprint density at radius 2 is 2.00 bits per heavy atom. The third-order valence-corrected chi connectivity index (χ3v) is 2.83. The minimum Gasteiger partial charge on any atom is -0.459 e. The summed E-state index contributed by atoms with van der Waals surface area (Å²) in [6, 6.07) is 9.35. The molecule has 1 aromatic carbocycles. The number of rotatable bonds is 4. The summed E-state index contributed by atoms with van der Waals surface area (Å²) in [6.45, 7) is 2.19. The Bertz CT molecular complexity index is 601. The van der Waals surface area contributed by atoms with E-state index in [4.69, 9.17) is 34.3 Å². The number of ether oxygens (including phenoxy) is 1. The SMILES string of the molecule is Cc1cc(C(N)=S)nc(OCc2ccc(Cl)cc2)n1. The Morgan fingerprint density at radius 1 is 1.32 bits per heavy atom. The molecule has 0 saturated carbocycles. The quantitative estimate of drug-likeness (QED) is 0.878. The van der Waals surface area contributed by atoms with Gasteiger partial charge in [0.25, 0.3) is 0 Å². The number of halogens is 1. The summed E-state index contributed by atoms with van der Waals surface area (Å²) in [5.74, 6) is 0. The molecule has 0 bridgehead atoms. The van der Waals surface area contributed by atoms with Gasteiger partial charge in [0, 0.05) is 10.7 Å². The molecule has 0 fully saturated rings. The van der Waals surface area contributed by atoms with Crippen molar-refractivity contribution in [3.05, 3.63) is 52.3 Å². The number of nitrogens with two attached hydrogens (primary N) is 1. The molecule has 0 aliphatic carbocycles. The monoisotopic (exact) mass is 293 g/mol. The first-order valence-electron chi connectivity index (χ1n) is 5.57. The highest BCUT2D eigenvalue weighted by Gasteiger charge is 2.05. The van der Waals surface area contributed by atoms with Crippen LogP contribution in [0.3, 0.4) is 0 Å². The van der Waals surface area contributed by atoms with Gasteiger partial charge in [-0.2, -0.15) is 4.98 Å². The van der Waals surface area contributed by atoms with Gasteiger partial charge in [-0.05, 0) is 30.7 Å². The number of aryl methyl sites for hydroxylation is 1. The predicted molar refractivity (Wildman–Crippen MR) is 78.4 cm³/mol. The lowest BCUT2D eigenvalue weighted by Crippen LogP contribution is -2.13. The van der Waals surface area contributed by atoms with E-state index in [2.05, 4.69) is 9.97 Å². The van der Waals surface area contributed by atoms with E-state index in [9.17, 15) is 0 Å². The smallest absolute Gasteiger partial charge is 0.317 e. The minimum absolute atomic E-state index is 0.224. The molecule has 2 rings (SSSR count). The highest BCUT2D eigenvalue weighted by Crippen LogP contribution is 2.12. The molecule has 0 aliphatic rings. The average molecular weight is 294 g/mol. The van der Waals surface area contributed by atoms with Crippen molar-refractivity contribution in [2.24, 2.45) is 5.73 Å². The van der Waals surface area contributed by atoms with Crippen LogP contribution in [0.1, 0.15) is 17.0 Å². The van der Waals surface area contributed by atoms with E-state index in [1.165, 1.54) is 0 Å². The first-order valence-corrected chi connectivity index (χ1v) is 6.36. The Hall–Kier alpha value is -1.72. The number of hydrogen-bond acceptors (Lipinski definition) is 4. The fourth-order valence-corrected chi connectivity index (χ4v) is 1.69. The van der Waals surface area contributed by atoms with E-state index < -0.39 is 0 Å². The van der Waals surface area contributed by atoms with E-state index in [-0.39, 0.29) is 11.0 Å². The van der Waals surface area contributed by atoms with Crippen LogP contribution in [-0.2, 0) is 6.61 Å². The van der Waals surface area contributed by atoms with Crippen molar-refractivity contribution < 1.29 is 4.74 Å². The van der Waals surface area contributed by atoms with Crippen molar-refractivity contribution in [1.82, 2.24) is 9.97 Å². The molecular formula is C13H12ClN3OS. The van der Waals surface area contributed by atoms with Gasteiger partial charge in [-0.3, -0.25) is 0 Å². The molecule has 2 aromatic rings. The zero-order valence-corrected chi connectivity index (χ0v) is 11.8. The van der Waals surface area contributed by atoms with Gasteiger partial charge in [0.2, 0.25) is 0 Å². The lowest BCUT2D eigenvalue weighted by atomic mass is 10.2. The van der Waals surface area contributed by atoms with Gasteiger partial charge in [0.15, 0.2) is 0 Å². The molecule has 0 unspecified atom stereocenters. The second-order valence-corrected chi connectivity index (χ2v) is 4.83. The molecule has 0 radical (unpaired) electrons. The third kappa shape index (κ3) is 3.87. The van der Waals surface area contributed by atoms with E-state index in [1.54, 1.807) is 18.2 Å². The molecule has 6 heteroatoms. The van der Waals surface area contributed by atoms with Crippen molar-refractivity contribution >= 4 is 28.8 Å². The van der Waals surface area contributed by atoms with Crippen LogP contribution in [0.4, 0.5) is 0 Å². The molecule has 0 aliphatic heterocycles. The van der Waals surface area contributed by atoms with Crippen molar-refractivity contribution in [1.29, 1.82) is 0 Å². The van der Waals surface area contributed by atoms with Crippen molar-refractivity contribution in [2.45, 2.75) is 13.5 Å². The zero-order chi connectivity index (χ0) is 13.8. The van der Waals surface area contributed by atoms with Gasteiger partial charge in [-0.15, -0.1) is 0 Å². The molecule has 4 nitrogen and oxygen atoms in total. The molecule has 98 valence electrons. The first-order chi connectivity index (χ1) is 9.04. The Balaban J connectivity index is 2.11. The summed E-state index contributed by atoms with van der Waals surface area (Å²) < 4.78 is 5.52. The topological polar surface area (TPSA) is 61.0 Å². The van der Waals surface area contributed by atoms with Gasteiger partial charge >= 0.3 is 6.01 Å². The van der Waals surface area contributed by atoms with Gasteiger partial charge in [0.1, 0.15) is 17.3 Å². The lowest BCUT2D eigenvalue weighted by Gasteiger charge is -2.07. The van der Waals surface area contributed by atoms with Crippen LogP contribution in [-0.4, -0.2) is 15.0 Å². The van der Waals surface area contributed by atoms with Crippen LogP contribution in [0.5, 0.6) is 6.01 Å². The minimum atomic E-state index is 0.224. The summed E-state index contributed by atoms with van der Waals surface area (Å²) in [7, 11) is 0. The summed E-state index contributed by atoms with van der Waals surface area (Å²) >= 11 is 10.7. The standard InChI is InChI=1S/C13H12ClN3OS/c1-8-6-11(12(15)19)17-13(16-8)18-7-9-2-4-10(14)5-3-9/h2-6H,7H2,1H3,(H2,15,19). The van der Waals surface area contributed by atoms with Crippen LogP contribution in [0.15, 0.2) is 30.3 Å².